The molecule has 0 spiro atoms. The van der Waals surface area contributed by atoms with E-state index in [1.807, 2.05) is 0 Å². The van der Waals surface area contributed by atoms with Crippen LogP contribution in [0.15, 0.2) is 48.5 Å². The molecule has 1 N–H and O–H groups in total. The summed E-state index contributed by atoms with van der Waals surface area (Å²) in [5.41, 5.74) is 0.266. The van der Waals surface area contributed by atoms with E-state index in [4.69, 9.17) is 16.3 Å². The molecule has 0 saturated heterocycles. The third-order valence-electron chi connectivity index (χ3n) is 2.54. The van der Waals surface area contributed by atoms with Gasteiger partial charge in [-0.15, -0.1) is 0 Å². The predicted molar refractivity (Wildman–Crippen MR) is 76.8 cm³/mol. The summed E-state index contributed by atoms with van der Waals surface area (Å²) in [6.45, 7) is -0.514. The molecule has 0 aliphatic heterocycles. The molecule has 0 aromatic heterocycles. The number of carbonyl (C=O) groups excluding carboxylic acids is 2. The predicted octanol–water partition coefficient (Wildman–Crippen LogP) is 3.27. The molecular weight excluding hydrogens is 297 g/mol. The van der Waals surface area contributed by atoms with Crippen LogP contribution < -0.4 is 5.32 Å². The number of hydrogen-bond donors (Lipinski definition) is 1. The Morgan fingerprint density at radius 2 is 1.90 bits per heavy atom. The first-order chi connectivity index (χ1) is 10.1. The van der Waals surface area contributed by atoms with Gasteiger partial charge in [0.1, 0.15) is 5.82 Å². The second-order valence-corrected chi connectivity index (χ2v) is 4.55. The van der Waals surface area contributed by atoms with Crippen LogP contribution in [0.4, 0.5) is 10.1 Å². The fourth-order valence-corrected chi connectivity index (χ4v) is 1.79. The largest absolute Gasteiger partial charge is 0.452 e. The van der Waals surface area contributed by atoms with Crippen molar-refractivity contribution in [2.24, 2.45) is 0 Å². The average Bonchev–Trinajstić information content (AvgIpc) is 2.45. The fraction of sp³-hybridized carbons (Fsp3) is 0.0667. The first-order valence-electron chi connectivity index (χ1n) is 6.03. The molecule has 0 heterocycles. The van der Waals surface area contributed by atoms with Crippen LogP contribution in [-0.4, -0.2) is 18.5 Å². The molecule has 0 bridgehead atoms. The van der Waals surface area contributed by atoms with Crippen LogP contribution in [0.5, 0.6) is 0 Å². The van der Waals surface area contributed by atoms with Crippen LogP contribution in [0.2, 0.25) is 5.02 Å². The molecule has 0 saturated carbocycles. The van der Waals surface area contributed by atoms with E-state index in [1.165, 1.54) is 18.2 Å². The monoisotopic (exact) mass is 307 g/mol. The molecule has 2 aromatic rings. The Hall–Kier alpha value is -2.40. The summed E-state index contributed by atoms with van der Waals surface area (Å²) in [5, 5.41) is 2.98. The summed E-state index contributed by atoms with van der Waals surface area (Å²) in [7, 11) is 0. The number of rotatable bonds is 4. The van der Waals surface area contributed by atoms with E-state index in [0.29, 0.717) is 10.7 Å². The van der Waals surface area contributed by atoms with E-state index in [0.717, 1.165) is 6.07 Å². The van der Waals surface area contributed by atoms with Crippen LogP contribution in [-0.2, 0) is 9.53 Å². The van der Waals surface area contributed by atoms with Crippen LogP contribution in [0, 0.1) is 5.82 Å². The number of ether oxygens (including phenoxy) is 1. The first kappa shape index (κ1) is 15.0. The highest BCUT2D eigenvalue weighted by Gasteiger charge is 2.14. The van der Waals surface area contributed by atoms with E-state index in [-0.39, 0.29) is 5.56 Å². The molecule has 2 aromatic carbocycles. The van der Waals surface area contributed by atoms with Crippen molar-refractivity contribution in [3.63, 3.8) is 0 Å². The molecule has 1 amide bonds. The van der Waals surface area contributed by atoms with Gasteiger partial charge in [0.25, 0.3) is 5.91 Å². The van der Waals surface area contributed by atoms with Gasteiger partial charge in [0.05, 0.1) is 5.56 Å². The molecule has 0 radical (unpaired) electrons. The van der Waals surface area contributed by atoms with Gasteiger partial charge in [0, 0.05) is 10.7 Å². The van der Waals surface area contributed by atoms with Gasteiger partial charge in [0.2, 0.25) is 0 Å². The van der Waals surface area contributed by atoms with Crippen molar-refractivity contribution < 1.29 is 18.7 Å². The van der Waals surface area contributed by atoms with Crippen molar-refractivity contribution in [3.05, 3.63) is 64.9 Å². The van der Waals surface area contributed by atoms with Gasteiger partial charge in [-0.25, -0.2) is 9.18 Å². The zero-order valence-corrected chi connectivity index (χ0v) is 11.6. The minimum atomic E-state index is -0.894. The quantitative estimate of drug-likeness (QED) is 0.882. The van der Waals surface area contributed by atoms with Gasteiger partial charge in [-0.1, -0.05) is 29.8 Å². The van der Waals surface area contributed by atoms with Gasteiger partial charge >= 0.3 is 5.97 Å². The van der Waals surface area contributed by atoms with Gasteiger partial charge in [-0.3, -0.25) is 4.79 Å². The maximum absolute atomic E-state index is 13.3. The molecule has 0 atom stereocenters. The Kier molecular flexibility index (Phi) is 4.90. The van der Waals surface area contributed by atoms with E-state index in [9.17, 15) is 14.0 Å². The third-order valence-corrected chi connectivity index (χ3v) is 2.77. The number of anilines is 1. The number of hydrogen-bond acceptors (Lipinski definition) is 3. The molecule has 21 heavy (non-hydrogen) atoms. The standard InChI is InChI=1S/C15H11ClFNO3/c16-10-4-3-5-11(8-10)18-14(19)9-21-15(20)12-6-1-2-7-13(12)17/h1-8H,9H2,(H,18,19). The number of carbonyl (C=O) groups is 2. The van der Waals surface area contributed by atoms with E-state index < -0.39 is 24.3 Å². The second-order valence-electron chi connectivity index (χ2n) is 4.11. The smallest absolute Gasteiger partial charge is 0.341 e. The van der Waals surface area contributed by atoms with Crippen LogP contribution in [0.25, 0.3) is 0 Å². The lowest BCUT2D eigenvalue weighted by Crippen LogP contribution is -2.21. The molecule has 2 rings (SSSR count). The molecule has 0 fully saturated rings. The zero-order valence-electron chi connectivity index (χ0n) is 10.8. The van der Waals surface area contributed by atoms with E-state index >= 15 is 0 Å². The summed E-state index contributed by atoms with van der Waals surface area (Å²) in [5.74, 6) is -2.13. The van der Waals surface area contributed by atoms with Gasteiger partial charge in [-0.05, 0) is 30.3 Å². The van der Waals surface area contributed by atoms with Crippen molar-refractivity contribution in [2.75, 3.05) is 11.9 Å². The summed E-state index contributed by atoms with van der Waals surface area (Å²) >= 11 is 5.77. The number of halogens is 2. The summed E-state index contributed by atoms with van der Waals surface area (Å²) < 4.78 is 18.1. The lowest BCUT2D eigenvalue weighted by atomic mass is 10.2. The third kappa shape index (κ3) is 4.29. The van der Waals surface area contributed by atoms with E-state index in [2.05, 4.69) is 5.32 Å². The highest BCUT2D eigenvalue weighted by Crippen LogP contribution is 2.14. The Balaban J connectivity index is 1.90. The first-order valence-corrected chi connectivity index (χ1v) is 6.41. The van der Waals surface area contributed by atoms with E-state index in [1.54, 1.807) is 24.3 Å². The summed E-state index contributed by atoms with van der Waals surface area (Å²) in [6, 6.07) is 11.9. The molecule has 0 aliphatic rings. The van der Waals surface area contributed by atoms with Gasteiger partial charge in [0.15, 0.2) is 6.61 Å². The van der Waals surface area contributed by atoms with Crippen LogP contribution >= 0.6 is 11.6 Å². The molecular formula is C15H11ClFNO3. The summed E-state index contributed by atoms with van der Waals surface area (Å²) in [4.78, 5) is 23.2. The topological polar surface area (TPSA) is 55.4 Å². The fourth-order valence-electron chi connectivity index (χ4n) is 1.60. The highest BCUT2D eigenvalue weighted by molar-refractivity contribution is 6.30. The van der Waals surface area contributed by atoms with Crippen LogP contribution in [0.3, 0.4) is 0 Å². The molecule has 6 heteroatoms. The molecule has 0 unspecified atom stereocenters. The minimum Gasteiger partial charge on any atom is -0.452 e. The Morgan fingerprint density at radius 3 is 2.62 bits per heavy atom. The molecule has 4 nitrogen and oxygen atoms in total. The second kappa shape index (κ2) is 6.85. The Bertz CT molecular complexity index is 675. The molecule has 0 aliphatic carbocycles. The maximum Gasteiger partial charge on any atom is 0.341 e. The number of amides is 1. The summed E-state index contributed by atoms with van der Waals surface area (Å²) in [6.07, 6.45) is 0. The van der Waals surface area contributed by atoms with Gasteiger partial charge < -0.3 is 10.1 Å². The molecule has 108 valence electrons. The van der Waals surface area contributed by atoms with Crippen LogP contribution in [0.1, 0.15) is 10.4 Å². The van der Waals surface area contributed by atoms with Crippen molar-refractivity contribution >= 4 is 29.2 Å². The zero-order chi connectivity index (χ0) is 15.2. The lowest BCUT2D eigenvalue weighted by molar-refractivity contribution is -0.119. The minimum absolute atomic E-state index is 0.215. The van der Waals surface area contributed by atoms with Crippen molar-refractivity contribution in [1.82, 2.24) is 0 Å². The number of esters is 1. The van der Waals surface area contributed by atoms with Gasteiger partial charge in [-0.2, -0.15) is 0 Å². The van der Waals surface area contributed by atoms with Crippen molar-refractivity contribution in [3.8, 4) is 0 Å². The average molecular weight is 308 g/mol. The number of nitrogens with one attached hydrogen (secondary N) is 1. The number of benzene rings is 2. The Morgan fingerprint density at radius 1 is 1.14 bits per heavy atom. The van der Waals surface area contributed by atoms with Crippen molar-refractivity contribution in [2.45, 2.75) is 0 Å². The Labute approximate surface area is 125 Å². The maximum atomic E-state index is 13.3. The normalized spacial score (nSPS) is 10.0. The lowest BCUT2D eigenvalue weighted by Gasteiger charge is -2.07. The van der Waals surface area contributed by atoms with Crippen molar-refractivity contribution in [1.29, 1.82) is 0 Å². The SMILES string of the molecule is O=C(COC(=O)c1ccccc1F)Nc1cccc(Cl)c1. The highest BCUT2D eigenvalue weighted by atomic mass is 35.5.